The monoisotopic (exact) mass is 740 g/mol. The number of piperidine rings is 1. The summed E-state index contributed by atoms with van der Waals surface area (Å²) in [6.45, 7) is 4.42. The number of benzene rings is 2. The standard InChI is InChI=1S/C34H38F6N6O4S/c1-31(2,3)51(50)43-29(34(38,39)40)23-12-10-22(11-13-23)28-26-27(42-44(28)4)30(48)46(20-41-26)19-32(49)14-16-45(17-15-32)25(47)18-24(33(35,36)37)21-8-6-5-7-9-21/h5-13,20,24,29,43,49H,14-19H2,1-4H3/t24?,29?,51-/m0/s1. The molecule has 0 saturated carbocycles. The molecule has 1 fully saturated rings. The van der Waals surface area contributed by atoms with Gasteiger partial charge in [-0.05, 0) is 44.7 Å². The average molecular weight is 741 g/mol. The third-order valence-electron chi connectivity index (χ3n) is 8.93. The van der Waals surface area contributed by atoms with Crippen LogP contribution in [0.15, 0.2) is 65.7 Å². The summed E-state index contributed by atoms with van der Waals surface area (Å²) in [5.74, 6) is -2.66. The van der Waals surface area contributed by atoms with Crippen LogP contribution in [0.25, 0.3) is 22.3 Å². The molecule has 51 heavy (non-hydrogen) atoms. The van der Waals surface area contributed by atoms with E-state index in [0.717, 1.165) is 0 Å². The summed E-state index contributed by atoms with van der Waals surface area (Å²) in [6.07, 6.45) is -8.90. The molecule has 2 unspecified atom stereocenters. The summed E-state index contributed by atoms with van der Waals surface area (Å²) in [7, 11) is 1.54. The van der Waals surface area contributed by atoms with Crippen molar-refractivity contribution in [1.82, 2.24) is 29.0 Å². The molecule has 276 valence electrons. The third kappa shape index (κ3) is 8.59. The first-order valence-electron chi connectivity index (χ1n) is 16.1. The first-order valence-corrected chi connectivity index (χ1v) is 17.2. The van der Waals surface area contributed by atoms with E-state index in [9.17, 15) is 45.6 Å². The maximum atomic E-state index is 13.9. The van der Waals surface area contributed by atoms with Gasteiger partial charge in [0.15, 0.2) is 11.6 Å². The van der Waals surface area contributed by atoms with E-state index in [1.807, 2.05) is 0 Å². The van der Waals surface area contributed by atoms with Crippen molar-refractivity contribution in [3.05, 3.63) is 82.4 Å². The van der Waals surface area contributed by atoms with Gasteiger partial charge in [-0.3, -0.25) is 18.8 Å². The number of aliphatic hydroxyl groups is 1. The van der Waals surface area contributed by atoms with Crippen molar-refractivity contribution in [2.45, 2.75) is 81.2 Å². The number of fused-ring (bicyclic) bond motifs is 1. The van der Waals surface area contributed by atoms with Crippen LogP contribution in [0, 0.1) is 0 Å². The van der Waals surface area contributed by atoms with E-state index >= 15 is 0 Å². The van der Waals surface area contributed by atoms with Gasteiger partial charge in [0, 0.05) is 43.5 Å². The minimum absolute atomic E-state index is 0.00216. The molecule has 2 aromatic heterocycles. The van der Waals surface area contributed by atoms with E-state index in [0.29, 0.717) is 11.3 Å². The molecule has 5 rings (SSSR count). The second-order valence-electron chi connectivity index (χ2n) is 13.8. The predicted molar refractivity (Wildman–Crippen MR) is 179 cm³/mol. The van der Waals surface area contributed by atoms with Crippen molar-refractivity contribution in [1.29, 1.82) is 0 Å². The van der Waals surface area contributed by atoms with Crippen LogP contribution in [-0.4, -0.2) is 75.6 Å². The van der Waals surface area contributed by atoms with Crippen molar-refractivity contribution in [3.8, 4) is 11.3 Å². The van der Waals surface area contributed by atoms with Gasteiger partial charge in [-0.1, -0.05) is 54.6 Å². The van der Waals surface area contributed by atoms with Gasteiger partial charge in [-0.15, -0.1) is 4.72 Å². The molecule has 10 nitrogen and oxygen atoms in total. The van der Waals surface area contributed by atoms with Crippen molar-refractivity contribution < 1.29 is 40.8 Å². The number of amides is 1. The van der Waals surface area contributed by atoms with Crippen LogP contribution in [0.3, 0.4) is 0 Å². The van der Waals surface area contributed by atoms with Crippen LogP contribution in [0.5, 0.6) is 0 Å². The lowest BCUT2D eigenvalue weighted by Gasteiger charge is -2.39. The number of aromatic nitrogens is 4. The number of carbonyl (C=O) groups is 1. The first kappa shape index (κ1) is 38.3. The lowest BCUT2D eigenvalue weighted by molar-refractivity contribution is -0.162. The molecule has 1 aliphatic heterocycles. The molecular formula is C34H38F6N6O4S. The molecule has 3 atom stereocenters. The van der Waals surface area contributed by atoms with Crippen LogP contribution in [-0.2, 0) is 29.7 Å². The number of likely N-dealkylation sites (tertiary alicyclic amines) is 1. The molecule has 17 heteroatoms. The topological polar surface area (TPSA) is 128 Å². The van der Waals surface area contributed by atoms with Crippen LogP contribution in [0.2, 0.25) is 0 Å². The summed E-state index contributed by atoms with van der Waals surface area (Å²) in [5, 5.41) is 15.6. The molecule has 0 bridgehead atoms. The summed E-state index contributed by atoms with van der Waals surface area (Å²) < 4.78 is 99.6. The molecule has 2 aromatic carbocycles. The summed E-state index contributed by atoms with van der Waals surface area (Å²) in [4.78, 5) is 32.1. The van der Waals surface area contributed by atoms with Gasteiger partial charge in [0.25, 0.3) is 5.56 Å². The van der Waals surface area contributed by atoms with Gasteiger partial charge in [-0.2, -0.15) is 31.4 Å². The van der Waals surface area contributed by atoms with Crippen LogP contribution in [0.4, 0.5) is 26.3 Å². The number of rotatable bonds is 9. The molecule has 3 heterocycles. The minimum Gasteiger partial charge on any atom is -0.598 e. The largest absolute Gasteiger partial charge is 0.598 e. The maximum Gasteiger partial charge on any atom is 0.412 e. The highest BCUT2D eigenvalue weighted by molar-refractivity contribution is 7.90. The second-order valence-corrected chi connectivity index (χ2v) is 15.8. The zero-order chi connectivity index (χ0) is 37.5. The van der Waals surface area contributed by atoms with E-state index in [-0.39, 0.29) is 54.6 Å². The minimum atomic E-state index is -4.73. The van der Waals surface area contributed by atoms with Crippen LogP contribution < -0.4 is 10.3 Å². The molecule has 1 saturated heterocycles. The Balaban J connectivity index is 1.30. The fraction of sp³-hybridized carbons (Fsp3) is 0.471. The highest BCUT2D eigenvalue weighted by Crippen LogP contribution is 2.39. The summed E-state index contributed by atoms with van der Waals surface area (Å²) in [6, 6.07) is 10.4. The van der Waals surface area contributed by atoms with Crippen molar-refractivity contribution in [2.75, 3.05) is 13.1 Å². The Labute approximate surface area is 292 Å². The van der Waals surface area contributed by atoms with Crippen LogP contribution in [0.1, 0.15) is 63.1 Å². The van der Waals surface area contributed by atoms with E-state index < -0.39 is 63.9 Å². The van der Waals surface area contributed by atoms with Gasteiger partial charge in [0.05, 0.1) is 30.1 Å². The number of alkyl halides is 6. The van der Waals surface area contributed by atoms with E-state index in [1.54, 1.807) is 33.9 Å². The number of carbonyl (C=O) groups excluding carboxylic acids is 1. The Kier molecular flexibility index (Phi) is 10.7. The van der Waals surface area contributed by atoms with E-state index in [2.05, 4.69) is 14.8 Å². The van der Waals surface area contributed by atoms with Gasteiger partial charge in [0.1, 0.15) is 10.3 Å². The molecule has 1 amide bonds. The lowest BCUT2D eigenvalue weighted by Crippen LogP contribution is -2.50. The molecule has 0 spiro atoms. The number of nitrogens with zero attached hydrogens (tertiary/aromatic N) is 5. The lowest BCUT2D eigenvalue weighted by atomic mass is 9.90. The Hall–Kier alpha value is -3.93. The molecule has 0 aliphatic carbocycles. The van der Waals surface area contributed by atoms with Crippen molar-refractivity contribution >= 4 is 28.3 Å². The SMILES string of the molecule is Cn1nc2c(=O)n(CC3(O)CCN(C(=O)CC(c4ccccc4)C(F)(F)F)CC3)cnc2c1-c1ccc(C(N[S@@+]([O-])C(C)(C)C)C(F)(F)F)cc1. The Morgan fingerprint density at radius 2 is 1.57 bits per heavy atom. The fourth-order valence-corrected chi connectivity index (χ4v) is 6.87. The number of nitrogens with one attached hydrogen (secondary N) is 1. The quantitative estimate of drug-likeness (QED) is 0.170. The maximum absolute atomic E-state index is 13.9. The Bertz CT molecular complexity index is 1900. The second kappa shape index (κ2) is 14.2. The average Bonchev–Trinajstić information content (AvgIpc) is 3.39. The molecule has 4 aromatic rings. The fourth-order valence-electron chi connectivity index (χ4n) is 6.03. The number of hydrogen-bond donors (Lipinski definition) is 2. The number of aryl methyl sites for hydroxylation is 1. The third-order valence-corrected chi connectivity index (χ3v) is 10.5. The summed E-state index contributed by atoms with van der Waals surface area (Å²) >= 11 is -2.00. The highest BCUT2D eigenvalue weighted by atomic mass is 32.2. The molecular weight excluding hydrogens is 702 g/mol. The van der Waals surface area contributed by atoms with Crippen molar-refractivity contribution in [3.63, 3.8) is 0 Å². The van der Waals surface area contributed by atoms with Crippen molar-refractivity contribution in [2.24, 2.45) is 7.05 Å². The Morgan fingerprint density at radius 3 is 2.12 bits per heavy atom. The van der Waals surface area contributed by atoms with E-state index in [4.69, 9.17) is 0 Å². The highest BCUT2D eigenvalue weighted by Gasteiger charge is 2.46. The van der Waals surface area contributed by atoms with Crippen LogP contribution >= 0.6 is 0 Å². The normalized spacial score (nSPS) is 17.4. The zero-order valence-corrected chi connectivity index (χ0v) is 29.1. The first-order chi connectivity index (χ1) is 23.7. The van der Waals surface area contributed by atoms with Gasteiger partial charge in [-0.25, -0.2) is 4.98 Å². The molecule has 0 radical (unpaired) electrons. The van der Waals surface area contributed by atoms with Gasteiger partial charge < -0.3 is 14.6 Å². The predicted octanol–water partition coefficient (Wildman–Crippen LogP) is 5.54. The van der Waals surface area contributed by atoms with Gasteiger partial charge >= 0.3 is 12.4 Å². The zero-order valence-electron chi connectivity index (χ0n) is 28.3. The molecule has 1 aliphatic rings. The Morgan fingerprint density at radius 1 is 0.961 bits per heavy atom. The molecule has 2 N–H and O–H groups in total. The number of hydrogen-bond acceptors (Lipinski definition) is 7. The summed E-state index contributed by atoms with van der Waals surface area (Å²) in [5.41, 5.74) is -1.33. The van der Waals surface area contributed by atoms with E-state index in [1.165, 1.54) is 69.0 Å². The van der Waals surface area contributed by atoms with Gasteiger partial charge in [0.2, 0.25) is 5.91 Å². The smallest absolute Gasteiger partial charge is 0.412 e. The number of halogens is 6.